The predicted octanol–water partition coefficient (Wildman–Crippen LogP) is -1.06. The van der Waals surface area contributed by atoms with Crippen LogP contribution in [0, 0.1) is 0 Å². The number of para-hydroxylation sites is 2. The van der Waals surface area contributed by atoms with Crippen molar-refractivity contribution in [2.75, 3.05) is 24.5 Å². The number of carbonyl (C=O) groups excluding carboxylic acids is 2. The minimum atomic E-state index is -1.16. The molecule has 112 valence electrons. The standard InChI is InChI=1S/C13H15N3O5/c14-5-11(17)15-6-12(18)16-7-10(13(19)20)21-9-4-2-1-3-8(9)16/h1-4,10H,5-7,14H2,(H,15,17)(H,19,20). The van der Waals surface area contributed by atoms with Crippen molar-refractivity contribution in [3.05, 3.63) is 24.3 Å². The number of nitrogens with one attached hydrogen (secondary N) is 1. The maximum Gasteiger partial charge on any atom is 0.346 e. The van der Waals surface area contributed by atoms with Crippen LogP contribution in [0.4, 0.5) is 5.69 Å². The largest absolute Gasteiger partial charge is 0.478 e. The van der Waals surface area contributed by atoms with Crippen LogP contribution >= 0.6 is 0 Å². The highest BCUT2D eigenvalue weighted by atomic mass is 16.5. The molecule has 1 aliphatic heterocycles. The molecule has 8 nitrogen and oxygen atoms in total. The topological polar surface area (TPSA) is 122 Å². The van der Waals surface area contributed by atoms with Gasteiger partial charge in [-0.15, -0.1) is 0 Å². The van der Waals surface area contributed by atoms with E-state index < -0.39 is 23.9 Å². The molecule has 0 radical (unpaired) electrons. The van der Waals surface area contributed by atoms with Crippen LogP contribution in [-0.4, -0.2) is 48.6 Å². The van der Waals surface area contributed by atoms with Crippen molar-refractivity contribution in [1.82, 2.24) is 5.32 Å². The molecular weight excluding hydrogens is 278 g/mol. The van der Waals surface area contributed by atoms with E-state index in [1.165, 1.54) is 4.90 Å². The molecule has 2 amide bonds. The molecule has 0 saturated carbocycles. The number of carbonyl (C=O) groups is 3. The van der Waals surface area contributed by atoms with Gasteiger partial charge in [0.1, 0.15) is 5.75 Å². The number of hydrogen-bond donors (Lipinski definition) is 3. The first-order chi connectivity index (χ1) is 10.0. The lowest BCUT2D eigenvalue weighted by Gasteiger charge is -2.33. The molecule has 1 unspecified atom stereocenters. The molecule has 0 saturated heterocycles. The van der Waals surface area contributed by atoms with E-state index in [0.717, 1.165) is 0 Å². The summed E-state index contributed by atoms with van der Waals surface area (Å²) in [5.41, 5.74) is 5.61. The van der Waals surface area contributed by atoms with Gasteiger partial charge in [-0.05, 0) is 12.1 Å². The number of carboxylic acid groups (broad SMARTS) is 1. The average molecular weight is 293 g/mol. The number of benzene rings is 1. The number of fused-ring (bicyclic) bond motifs is 1. The summed E-state index contributed by atoms with van der Waals surface area (Å²) in [4.78, 5) is 35.6. The van der Waals surface area contributed by atoms with E-state index in [2.05, 4.69) is 5.32 Å². The van der Waals surface area contributed by atoms with Gasteiger partial charge in [0.25, 0.3) is 0 Å². The van der Waals surface area contributed by atoms with Gasteiger partial charge in [-0.25, -0.2) is 4.79 Å². The highest BCUT2D eigenvalue weighted by Gasteiger charge is 2.33. The lowest BCUT2D eigenvalue weighted by molar-refractivity contribution is -0.145. The van der Waals surface area contributed by atoms with Crippen LogP contribution in [0.15, 0.2) is 24.3 Å². The Morgan fingerprint density at radius 1 is 1.38 bits per heavy atom. The van der Waals surface area contributed by atoms with Gasteiger partial charge in [-0.2, -0.15) is 0 Å². The fourth-order valence-electron chi connectivity index (χ4n) is 1.94. The van der Waals surface area contributed by atoms with Crippen molar-refractivity contribution in [2.24, 2.45) is 5.73 Å². The highest BCUT2D eigenvalue weighted by Crippen LogP contribution is 2.33. The van der Waals surface area contributed by atoms with E-state index in [4.69, 9.17) is 15.6 Å². The summed E-state index contributed by atoms with van der Waals surface area (Å²) in [7, 11) is 0. The van der Waals surface area contributed by atoms with Crippen molar-refractivity contribution in [1.29, 1.82) is 0 Å². The first-order valence-electron chi connectivity index (χ1n) is 6.28. The van der Waals surface area contributed by atoms with Crippen LogP contribution in [-0.2, 0) is 14.4 Å². The second-order valence-electron chi connectivity index (χ2n) is 4.40. The van der Waals surface area contributed by atoms with E-state index in [1.807, 2.05) is 0 Å². The Morgan fingerprint density at radius 3 is 2.76 bits per heavy atom. The van der Waals surface area contributed by atoms with Crippen molar-refractivity contribution >= 4 is 23.5 Å². The fraction of sp³-hybridized carbons (Fsp3) is 0.308. The smallest absolute Gasteiger partial charge is 0.346 e. The number of amides is 2. The van der Waals surface area contributed by atoms with E-state index in [1.54, 1.807) is 24.3 Å². The summed E-state index contributed by atoms with van der Waals surface area (Å²) in [6.45, 7) is -0.592. The molecule has 1 aromatic rings. The summed E-state index contributed by atoms with van der Waals surface area (Å²) in [5.74, 6) is -1.73. The predicted molar refractivity (Wildman–Crippen MR) is 72.9 cm³/mol. The van der Waals surface area contributed by atoms with E-state index >= 15 is 0 Å². The summed E-state index contributed by atoms with van der Waals surface area (Å²) < 4.78 is 5.32. The Hall–Kier alpha value is -2.61. The normalized spacial score (nSPS) is 16.6. The molecule has 8 heteroatoms. The molecule has 2 rings (SSSR count). The molecule has 0 bridgehead atoms. The number of ether oxygens (including phenoxy) is 1. The van der Waals surface area contributed by atoms with Gasteiger partial charge in [0, 0.05) is 0 Å². The van der Waals surface area contributed by atoms with Crippen LogP contribution in [0.5, 0.6) is 5.75 Å². The molecule has 4 N–H and O–H groups in total. The second kappa shape index (κ2) is 6.23. The molecular formula is C13H15N3O5. The quantitative estimate of drug-likeness (QED) is 0.650. The number of rotatable bonds is 4. The summed E-state index contributed by atoms with van der Waals surface area (Å²) in [6, 6.07) is 6.63. The maximum absolute atomic E-state index is 12.2. The average Bonchev–Trinajstić information content (AvgIpc) is 2.50. The number of hydrogen-bond acceptors (Lipinski definition) is 5. The zero-order chi connectivity index (χ0) is 15.4. The zero-order valence-corrected chi connectivity index (χ0v) is 11.1. The molecule has 1 atom stereocenters. The van der Waals surface area contributed by atoms with Crippen molar-refractivity contribution < 1.29 is 24.2 Å². The third kappa shape index (κ3) is 3.29. The minimum absolute atomic E-state index is 0.121. The Morgan fingerprint density at radius 2 is 2.10 bits per heavy atom. The van der Waals surface area contributed by atoms with Gasteiger partial charge in [-0.3, -0.25) is 9.59 Å². The Bertz CT molecular complexity index is 575. The zero-order valence-electron chi connectivity index (χ0n) is 11.1. The second-order valence-corrected chi connectivity index (χ2v) is 4.40. The Balaban J connectivity index is 2.19. The number of nitrogens with zero attached hydrogens (tertiary/aromatic N) is 1. The van der Waals surface area contributed by atoms with Crippen LogP contribution in [0.3, 0.4) is 0 Å². The first-order valence-corrected chi connectivity index (χ1v) is 6.28. The van der Waals surface area contributed by atoms with Gasteiger partial charge < -0.3 is 25.8 Å². The lowest BCUT2D eigenvalue weighted by Crippen LogP contribution is -2.50. The lowest BCUT2D eigenvalue weighted by atomic mass is 10.2. The van der Waals surface area contributed by atoms with Gasteiger partial charge in [-0.1, -0.05) is 12.1 Å². The molecule has 1 aliphatic rings. The number of aliphatic carboxylic acids is 1. The van der Waals surface area contributed by atoms with Crippen molar-refractivity contribution in [2.45, 2.75) is 6.10 Å². The number of anilines is 1. The Kier molecular flexibility index (Phi) is 4.39. The van der Waals surface area contributed by atoms with E-state index in [-0.39, 0.29) is 19.6 Å². The van der Waals surface area contributed by atoms with Gasteiger partial charge in [0.2, 0.25) is 17.9 Å². The first kappa shape index (κ1) is 14.8. The van der Waals surface area contributed by atoms with E-state index in [9.17, 15) is 14.4 Å². The Labute approximate surface area is 120 Å². The van der Waals surface area contributed by atoms with Gasteiger partial charge >= 0.3 is 5.97 Å². The molecule has 0 spiro atoms. The monoisotopic (exact) mass is 293 g/mol. The SMILES string of the molecule is NCC(=O)NCC(=O)N1CC(C(=O)O)Oc2ccccc21. The van der Waals surface area contributed by atoms with Crippen LogP contribution < -0.4 is 20.7 Å². The van der Waals surface area contributed by atoms with Crippen LogP contribution in [0.25, 0.3) is 0 Å². The molecule has 0 aromatic heterocycles. The fourth-order valence-corrected chi connectivity index (χ4v) is 1.94. The summed E-state index contributed by atoms with van der Waals surface area (Å²) in [5, 5.41) is 11.4. The number of nitrogens with two attached hydrogens (primary N) is 1. The molecule has 21 heavy (non-hydrogen) atoms. The van der Waals surface area contributed by atoms with Crippen LogP contribution in [0.1, 0.15) is 0 Å². The van der Waals surface area contributed by atoms with Crippen molar-refractivity contribution in [3.63, 3.8) is 0 Å². The molecule has 0 aliphatic carbocycles. The maximum atomic E-state index is 12.2. The molecule has 0 fully saturated rings. The third-order valence-electron chi connectivity index (χ3n) is 2.97. The highest BCUT2D eigenvalue weighted by molar-refractivity contribution is 5.99. The van der Waals surface area contributed by atoms with Gasteiger partial charge in [0.05, 0.1) is 25.3 Å². The summed E-state index contributed by atoms with van der Waals surface area (Å²) in [6.07, 6.45) is -1.14. The van der Waals surface area contributed by atoms with E-state index in [0.29, 0.717) is 11.4 Å². The third-order valence-corrected chi connectivity index (χ3v) is 2.97. The summed E-state index contributed by atoms with van der Waals surface area (Å²) >= 11 is 0. The minimum Gasteiger partial charge on any atom is -0.478 e. The molecule has 1 aromatic carbocycles. The van der Waals surface area contributed by atoms with Crippen molar-refractivity contribution in [3.8, 4) is 5.75 Å². The number of carboxylic acids is 1. The molecule has 1 heterocycles. The van der Waals surface area contributed by atoms with Crippen LogP contribution in [0.2, 0.25) is 0 Å². The van der Waals surface area contributed by atoms with Gasteiger partial charge in [0.15, 0.2) is 0 Å².